The van der Waals surface area contributed by atoms with Crippen molar-refractivity contribution in [1.29, 1.82) is 0 Å². The summed E-state index contributed by atoms with van der Waals surface area (Å²) in [6.45, 7) is 5.31. The molecule has 3 nitrogen and oxygen atoms in total. The van der Waals surface area contributed by atoms with Crippen molar-refractivity contribution < 1.29 is 14.0 Å². The Bertz CT molecular complexity index is 401. The van der Waals surface area contributed by atoms with Gasteiger partial charge in [-0.15, -0.1) is 0 Å². The van der Waals surface area contributed by atoms with Crippen LogP contribution in [0.1, 0.15) is 31.1 Å². The van der Waals surface area contributed by atoms with E-state index in [4.69, 9.17) is 16.4 Å². The zero-order valence-corrected chi connectivity index (χ0v) is 10.1. The first-order chi connectivity index (χ1) is 7.29. The fourth-order valence-corrected chi connectivity index (χ4v) is 1.09. The average Bonchev–Trinajstić information content (AvgIpc) is 2.13. The van der Waals surface area contributed by atoms with Gasteiger partial charge in [0.2, 0.25) is 0 Å². The topological polar surface area (TPSA) is 38.3 Å². The normalized spacial score (nSPS) is 11.3. The van der Waals surface area contributed by atoms with Crippen LogP contribution in [0.15, 0.2) is 18.2 Å². The molecule has 0 fully saturated rings. The summed E-state index contributed by atoms with van der Waals surface area (Å²) in [7, 11) is 0. The largest absolute Gasteiger partial charge is 0.277 e. The molecule has 5 heteroatoms. The van der Waals surface area contributed by atoms with Gasteiger partial charge in [-0.2, -0.15) is 0 Å². The number of amides is 1. The van der Waals surface area contributed by atoms with Crippen LogP contribution in [-0.2, 0) is 4.84 Å². The molecule has 0 aliphatic rings. The molecule has 1 N–H and O–H groups in total. The zero-order valence-electron chi connectivity index (χ0n) is 9.30. The summed E-state index contributed by atoms with van der Waals surface area (Å²) in [6, 6.07) is 3.82. The number of hydrogen-bond acceptors (Lipinski definition) is 2. The number of carbonyl (C=O) groups excluding carboxylic acids is 1. The smallest absolute Gasteiger partial charge is 0.268 e. The van der Waals surface area contributed by atoms with Crippen molar-refractivity contribution in [1.82, 2.24) is 5.48 Å². The maximum absolute atomic E-state index is 13.3. The van der Waals surface area contributed by atoms with Crippen LogP contribution in [0.3, 0.4) is 0 Å². The van der Waals surface area contributed by atoms with E-state index in [-0.39, 0.29) is 10.6 Å². The summed E-state index contributed by atoms with van der Waals surface area (Å²) in [5.74, 6) is -1.31. The molecule has 1 rings (SSSR count). The van der Waals surface area contributed by atoms with Crippen molar-refractivity contribution in [3.8, 4) is 0 Å². The highest BCUT2D eigenvalue weighted by atomic mass is 35.5. The number of benzene rings is 1. The minimum atomic E-state index is -0.678. The number of hydroxylamine groups is 1. The van der Waals surface area contributed by atoms with Crippen LogP contribution in [0.4, 0.5) is 4.39 Å². The molecule has 0 aromatic heterocycles. The van der Waals surface area contributed by atoms with Gasteiger partial charge in [0, 0.05) is 5.02 Å². The summed E-state index contributed by atoms with van der Waals surface area (Å²) in [5.41, 5.74) is 1.54. The summed E-state index contributed by atoms with van der Waals surface area (Å²) >= 11 is 5.57. The first-order valence-electron chi connectivity index (χ1n) is 4.73. The molecule has 0 unspecified atom stereocenters. The third-order valence-electron chi connectivity index (χ3n) is 1.63. The van der Waals surface area contributed by atoms with Gasteiger partial charge in [-0.05, 0) is 39.0 Å². The van der Waals surface area contributed by atoms with E-state index in [2.05, 4.69) is 5.48 Å². The first kappa shape index (κ1) is 12.9. The Morgan fingerprint density at radius 3 is 2.56 bits per heavy atom. The van der Waals surface area contributed by atoms with Crippen molar-refractivity contribution in [3.05, 3.63) is 34.6 Å². The highest BCUT2D eigenvalue weighted by molar-refractivity contribution is 6.30. The molecular weight excluding hydrogens is 233 g/mol. The molecule has 0 spiro atoms. The summed E-state index contributed by atoms with van der Waals surface area (Å²) in [6.07, 6.45) is 0. The SMILES string of the molecule is CC(C)(C)ONC(=O)c1ccc(Cl)cc1F. The lowest BCUT2D eigenvalue weighted by Crippen LogP contribution is -2.33. The molecule has 0 aliphatic heterocycles. The molecule has 16 heavy (non-hydrogen) atoms. The molecule has 0 heterocycles. The van der Waals surface area contributed by atoms with Gasteiger partial charge in [0.1, 0.15) is 5.82 Å². The lowest BCUT2D eigenvalue weighted by atomic mass is 10.2. The monoisotopic (exact) mass is 245 g/mol. The molecule has 0 aliphatic carbocycles. The van der Waals surface area contributed by atoms with Gasteiger partial charge in [-0.1, -0.05) is 11.6 Å². The second kappa shape index (κ2) is 4.80. The highest BCUT2D eigenvalue weighted by Gasteiger charge is 2.16. The van der Waals surface area contributed by atoms with E-state index in [0.29, 0.717) is 0 Å². The van der Waals surface area contributed by atoms with E-state index in [9.17, 15) is 9.18 Å². The predicted octanol–water partition coefficient (Wildman–Crippen LogP) is 2.94. The van der Waals surface area contributed by atoms with Gasteiger partial charge in [-0.25, -0.2) is 9.87 Å². The number of carbonyl (C=O) groups is 1. The van der Waals surface area contributed by atoms with E-state index in [1.807, 2.05) is 0 Å². The fourth-order valence-electron chi connectivity index (χ4n) is 0.928. The Balaban J connectivity index is 2.74. The van der Waals surface area contributed by atoms with Crippen LogP contribution in [0, 0.1) is 5.82 Å². The second-order valence-electron chi connectivity index (χ2n) is 4.27. The number of nitrogens with one attached hydrogen (secondary N) is 1. The van der Waals surface area contributed by atoms with Gasteiger partial charge in [-0.3, -0.25) is 9.63 Å². The maximum atomic E-state index is 13.3. The lowest BCUT2D eigenvalue weighted by Gasteiger charge is -2.19. The van der Waals surface area contributed by atoms with Crippen molar-refractivity contribution >= 4 is 17.5 Å². The van der Waals surface area contributed by atoms with Gasteiger partial charge >= 0.3 is 0 Å². The molecule has 0 radical (unpaired) electrons. The quantitative estimate of drug-likeness (QED) is 0.814. The molecule has 0 bridgehead atoms. The van der Waals surface area contributed by atoms with Crippen molar-refractivity contribution in [2.75, 3.05) is 0 Å². The van der Waals surface area contributed by atoms with E-state index in [1.54, 1.807) is 20.8 Å². The average molecular weight is 246 g/mol. The molecular formula is C11H13ClFNO2. The van der Waals surface area contributed by atoms with E-state index in [1.165, 1.54) is 12.1 Å². The highest BCUT2D eigenvalue weighted by Crippen LogP contribution is 2.14. The molecule has 1 aromatic carbocycles. The minimum Gasteiger partial charge on any atom is -0.268 e. The molecule has 1 amide bonds. The Morgan fingerprint density at radius 1 is 1.44 bits per heavy atom. The molecule has 0 atom stereocenters. The van der Waals surface area contributed by atoms with Crippen LogP contribution in [-0.4, -0.2) is 11.5 Å². The van der Waals surface area contributed by atoms with Crippen LogP contribution < -0.4 is 5.48 Å². The Labute approximate surface area is 98.5 Å². The van der Waals surface area contributed by atoms with Crippen molar-refractivity contribution in [2.45, 2.75) is 26.4 Å². The first-order valence-corrected chi connectivity index (χ1v) is 5.11. The van der Waals surface area contributed by atoms with Crippen molar-refractivity contribution in [3.63, 3.8) is 0 Å². The zero-order chi connectivity index (χ0) is 12.3. The molecule has 88 valence electrons. The minimum absolute atomic E-state index is 0.103. The summed E-state index contributed by atoms with van der Waals surface area (Å²) < 4.78 is 13.3. The van der Waals surface area contributed by atoms with E-state index in [0.717, 1.165) is 6.07 Å². The van der Waals surface area contributed by atoms with Gasteiger partial charge in [0.15, 0.2) is 0 Å². The van der Waals surface area contributed by atoms with Crippen LogP contribution in [0.2, 0.25) is 5.02 Å². The number of rotatable bonds is 2. The second-order valence-corrected chi connectivity index (χ2v) is 4.71. The maximum Gasteiger partial charge on any atom is 0.277 e. The van der Waals surface area contributed by atoms with E-state index < -0.39 is 17.3 Å². The van der Waals surface area contributed by atoms with Crippen molar-refractivity contribution in [2.24, 2.45) is 0 Å². The number of hydrogen-bond donors (Lipinski definition) is 1. The van der Waals surface area contributed by atoms with Crippen LogP contribution in [0.5, 0.6) is 0 Å². The lowest BCUT2D eigenvalue weighted by molar-refractivity contribution is -0.0591. The number of halogens is 2. The third-order valence-corrected chi connectivity index (χ3v) is 1.86. The summed E-state index contributed by atoms with van der Waals surface area (Å²) in [5, 5.41) is 0.241. The standard InChI is InChI=1S/C11H13ClFNO2/c1-11(2,3)16-14-10(15)8-5-4-7(12)6-9(8)13/h4-6H,1-3H3,(H,14,15). The Morgan fingerprint density at radius 2 is 2.06 bits per heavy atom. The Hall–Kier alpha value is -1.13. The molecule has 1 aromatic rings. The van der Waals surface area contributed by atoms with Crippen LogP contribution >= 0.6 is 11.6 Å². The van der Waals surface area contributed by atoms with Gasteiger partial charge < -0.3 is 0 Å². The Kier molecular flexibility index (Phi) is 3.88. The molecule has 0 saturated heterocycles. The van der Waals surface area contributed by atoms with Crippen LogP contribution in [0.25, 0.3) is 0 Å². The van der Waals surface area contributed by atoms with E-state index >= 15 is 0 Å². The van der Waals surface area contributed by atoms with Gasteiger partial charge in [0.05, 0.1) is 11.2 Å². The van der Waals surface area contributed by atoms with Gasteiger partial charge in [0.25, 0.3) is 5.91 Å². The molecule has 0 saturated carbocycles. The fraction of sp³-hybridized carbons (Fsp3) is 0.364. The third kappa shape index (κ3) is 3.79. The predicted molar refractivity (Wildman–Crippen MR) is 59.7 cm³/mol. The summed E-state index contributed by atoms with van der Waals surface area (Å²) in [4.78, 5) is 16.5.